The molecule has 0 aliphatic heterocycles. The number of amides is 1. The van der Waals surface area contributed by atoms with Gasteiger partial charge in [-0.3, -0.25) is 4.79 Å². The lowest BCUT2D eigenvalue weighted by Crippen LogP contribution is -2.23. The van der Waals surface area contributed by atoms with Crippen LogP contribution in [0.3, 0.4) is 0 Å². The Balaban J connectivity index is 2.06. The summed E-state index contributed by atoms with van der Waals surface area (Å²) in [7, 11) is 1.55. The van der Waals surface area contributed by atoms with Crippen molar-refractivity contribution < 1.29 is 9.53 Å². The van der Waals surface area contributed by atoms with Gasteiger partial charge in [-0.25, -0.2) is 4.98 Å². The second-order valence-electron chi connectivity index (χ2n) is 3.98. The number of benzene rings is 1. The first kappa shape index (κ1) is 15.1. The van der Waals surface area contributed by atoms with Gasteiger partial charge in [-0.15, -0.1) is 0 Å². The molecule has 104 valence electrons. The van der Waals surface area contributed by atoms with E-state index >= 15 is 0 Å². The van der Waals surface area contributed by atoms with Gasteiger partial charge in [0.05, 0.1) is 12.1 Å². The highest BCUT2D eigenvalue weighted by molar-refractivity contribution is 14.1. The molecule has 0 aliphatic carbocycles. The predicted molar refractivity (Wildman–Crippen MR) is 86.1 cm³/mol. The summed E-state index contributed by atoms with van der Waals surface area (Å²) in [5.74, 6) is 0.351. The molecular formula is C14H12ClIN2O2. The zero-order valence-corrected chi connectivity index (χ0v) is 13.6. The molecule has 0 aliphatic rings. The molecule has 1 N–H and O–H groups in total. The molecule has 0 spiro atoms. The summed E-state index contributed by atoms with van der Waals surface area (Å²) >= 11 is 8.03. The molecule has 2 aromatic rings. The fourth-order valence-electron chi connectivity index (χ4n) is 1.66. The van der Waals surface area contributed by atoms with Crippen molar-refractivity contribution in [1.82, 2.24) is 10.3 Å². The van der Waals surface area contributed by atoms with Crippen LogP contribution in [0.5, 0.6) is 5.88 Å². The van der Waals surface area contributed by atoms with Gasteiger partial charge in [-0.1, -0.05) is 17.7 Å². The minimum absolute atomic E-state index is 0.162. The van der Waals surface area contributed by atoms with Crippen LogP contribution in [-0.2, 0) is 6.54 Å². The lowest BCUT2D eigenvalue weighted by atomic mass is 10.2. The Morgan fingerprint density at radius 3 is 2.95 bits per heavy atom. The van der Waals surface area contributed by atoms with E-state index in [9.17, 15) is 4.79 Å². The molecule has 0 unspecified atom stereocenters. The van der Waals surface area contributed by atoms with Crippen LogP contribution in [0.25, 0.3) is 0 Å². The van der Waals surface area contributed by atoms with Crippen LogP contribution in [-0.4, -0.2) is 18.0 Å². The van der Waals surface area contributed by atoms with Crippen LogP contribution >= 0.6 is 34.2 Å². The van der Waals surface area contributed by atoms with Gasteiger partial charge in [-0.05, 0) is 46.9 Å². The molecule has 1 heterocycles. The highest BCUT2D eigenvalue weighted by Gasteiger charge is 2.09. The summed E-state index contributed by atoms with van der Waals surface area (Å²) < 4.78 is 5.98. The Morgan fingerprint density at radius 2 is 2.25 bits per heavy atom. The molecule has 1 aromatic carbocycles. The number of ether oxygens (including phenoxy) is 1. The molecule has 0 bridgehead atoms. The number of carbonyl (C=O) groups is 1. The summed E-state index contributed by atoms with van der Waals surface area (Å²) in [6, 6.07) is 8.81. The molecular weight excluding hydrogens is 391 g/mol. The molecule has 0 radical (unpaired) electrons. The molecule has 1 amide bonds. The lowest BCUT2D eigenvalue weighted by molar-refractivity contribution is 0.0950. The highest BCUT2D eigenvalue weighted by atomic mass is 127. The Kier molecular flexibility index (Phi) is 5.19. The van der Waals surface area contributed by atoms with Gasteiger partial charge in [0.2, 0.25) is 5.88 Å². The largest absolute Gasteiger partial charge is 0.481 e. The van der Waals surface area contributed by atoms with E-state index in [0.717, 1.165) is 9.13 Å². The Hall–Kier alpha value is -1.34. The Labute approximate surface area is 135 Å². The van der Waals surface area contributed by atoms with E-state index in [2.05, 4.69) is 32.9 Å². The van der Waals surface area contributed by atoms with Crippen LogP contribution in [0.15, 0.2) is 36.5 Å². The Morgan fingerprint density at radius 1 is 1.45 bits per heavy atom. The van der Waals surface area contributed by atoms with Crippen molar-refractivity contribution in [3.05, 3.63) is 56.2 Å². The standard InChI is InChI=1S/C14H12ClIN2O2/c1-20-14-10(3-2-6-17-14)8-18-13(19)9-4-5-11(15)12(16)7-9/h2-7H,8H2,1H3,(H,18,19). The van der Waals surface area contributed by atoms with Crippen molar-refractivity contribution in [3.63, 3.8) is 0 Å². The first-order valence-corrected chi connectivity index (χ1v) is 7.28. The molecule has 0 saturated heterocycles. The van der Waals surface area contributed by atoms with Crippen LogP contribution in [0, 0.1) is 3.57 Å². The second-order valence-corrected chi connectivity index (χ2v) is 5.55. The molecule has 0 fully saturated rings. The van der Waals surface area contributed by atoms with Gasteiger partial charge in [0.1, 0.15) is 0 Å². The van der Waals surface area contributed by atoms with E-state index in [1.54, 1.807) is 37.6 Å². The number of methoxy groups -OCH3 is 1. The first-order valence-electron chi connectivity index (χ1n) is 5.83. The maximum Gasteiger partial charge on any atom is 0.251 e. The molecule has 0 atom stereocenters. The van der Waals surface area contributed by atoms with Gasteiger partial charge in [0.15, 0.2) is 0 Å². The quantitative estimate of drug-likeness (QED) is 0.799. The number of aromatic nitrogens is 1. The van der Waals surface area contributed by atoms with Gasteiger partial charge < -0.3 is 10.1 Å². The van der Waals surface area contributed by atoms with Gasteiger partial charge in [0, 0.05) is 27.4 Å². The molecule has 2 rings (SSSR count). The number of nitrogens with zero attached hydrogens (tertiary/aromatic N) is 1. The zero-order valence-electron chi connectivity index (χ0n) is 10.7. The minimum Gasteiger partial charge on any atom is -0.481 e. The normalized spacial score (nSPS) is 10.2. The average molecular weight is 403 g/mol. The zero-order chi connectivity index (χ0) is 14.5. The van der Waals surface area contributed by atoms with Crippen LogP contribution in [0.1, 0.15) is 15.9 Å². The monoisotopic (exact) mass is 402 g/mol. The van der Waals surface area contributed by atoms with Gasteiger partial charge in [-0.2, -0.15) is 0 Å². The lowest BCUT2D eigenvalue weighted by Gasteiger charge is -2.09. The summed E-state index contributed by atoms with van der Waals surface area (Å²) in [6.07, 6.45) is 1.64. The van der Waals surface area contributed by atoms with Crippen molar-refractivity contribution in [2.24, 2.45) is 0 Å². The molecule has 20 heavy (non-hydrogen) atoms. The number of hydrogen-bond acceptors (Lipinski definition) is 3. The van der Waals surface area contributed by atoms with Crippen LogP contribution in [0.2, 0.25) is 5.02 Å². The second kappa shape index (κ2) is 6.90. The topological polar surface area (TPSA) is 51.2 Å². The van der Waals surface area contributed by atoms with Gasteiger partial charge in [0.25, 0.3) is 5.91 Å². The number of halogens is 2. The molecule has 6 heteroatoms. The summed E-state index contributed by atoms with van der Waals surface area (Å²) in [5.41, 5.74) is 1.40. The fourth-order valence-corrected chi connectivity index (χ4v) is 2.29. The predicted octanol–water partition coefficient (Wildman–Crippen LogP) is 3.28. The van der Waals surface area contributed by atoms with E-state index in [0.29, 0.717) is 23.0 Å². The summed E-state index contributed by atoms with van der Waals surface area (Å²) in [6.45, 7) is 0.356. The fraction of sp³-hybridized carbons (Fsp3) is 0.143. The van der Waals surface area contributed by atoms with Crippen molar-refractivity contribution in [2.45, 2.75) is 6.54 Å². The maximum atomic E-state index is 12.1. The Bertz CT molecular complexity index is 634. The number of nitrogens with one attached hydrogen (secondary N) is 1. The third kappa shape index (κ3) is 3.61. The van der Waals surface area contributed by atoms with Crippen molar-refractivity contribution >= 4 is 40.1 Å². The maximum absolute atomic E-state index is 12.1. The number of hydrogen-bond donors (Lipinski definition) is 1. The van der Waals surface area contributed by atoms with E-state index in [-0.39, 0.29) is 5.91 Å². The van der Waals surface area contributed by atoms with Crippen molar-refractivity contribution in [3.8, 4) is 5.88 Å². The third-order valence-corrected chi connectivity index (χ3v) is 4.21. The highest BCUT2D eigenvalue weighted by Crippen LogP contribution is 2.19. The summed E-state index contributed by atoms with van der Waals surface area (Å²) in [4.78, 5) is 16.1. The number of carbonyl (C=O) groups excluding carboxylic acids is 1. The third-order valence-electron chi connectivity index (χ3n) is 2.66. The molecule has 0 saturated carbocycles. The van der Waals surface area contributed by atoms with Crippen molar-refractivity contribution in [1.29, 1.82) is 0 Å². The van der Waals surface area contributed by atoms with Gasteiger partial charge >= 0.3 is 0 Å². The molecule has 1 aromatic heterocycles. The van der Waals surface area contributed by atoms with Crippen LogP contribution in [0.4, 0.5) is 0 Å². The van der Waals surface area contributed by atoms with E-state index in [1.165, 1.54) is 0 Å². The average Bonchev–Trinajstić information content (AvgIpc) is 2.47. The smallest absolute Gasteiger partial charge is 0.251 e. The van der Waals surface area contributed by atoms with Crippen molar-refractivity contribution in [2.75, 3.05) is 7.11 Å². The van der Waals surface area contributed by atoms with E-state index in [1.807, 2.05) is 6.07 Å². The summed E-state index contributed by atoms with van der Waals surface area (Å²) in [5, 5.41) is 3.47. The number of rotatable bonds is 4. The van der Waals surface area contributed by atoms with E-state index in [4.69, 9.17) is 16.3 Å². The van der Waals surface area contributed by atoms with E-state index < -0.39 is 0 Å². The SMILES string of the molecule is COc1ncccc1CNC(=O)c1ccc(Cl)c(I)c1. The van der Waals surface area contributed by atoms with Crippen LogP contribution < -0.4 is 10.1 Å². The first-order chi connectivity index (χ1) is 9.61. The number of pyridine rings is 1. The molecule has 4 nitrogen and oxygen atoms in total. The minimum atomic E-state index is -0.162.